The van der Waals surface area contributed by atoms with Gasteiger partial charge < -0.3 is 16.4 Å². The molecule has 8 nitrogen and oxygen atoms in total. The van der Waals surface area contributed by atoms with E-state index in [0.717, 1.165) is 0 Å². The molecule has 1 aliphatic rings. The van der Waals surface area contributed by atoms with Gasteiger partial charge in [-0.05, 0) is 36.1 Å². The molecule has 0 spiro atoms. The van der Waals surface area contributed by atoms with Gasteiger partial charge in [-0.3, -0.25) is 4.79 Å². The summed E-state index contributed by atoms with van der Waals surface area (Å²) >= 11 is 0. The van der Waals surface area contributed by atoms with E-state index in [9.17, 15) is 18.0 Å². The van der Waals surface area contributed by atoms with Crippen LogP contribution in [-0.4, -0.2) is 43.8 Å². The minimum atomic E-state index is -3.68. The molecule has 2 atom stereocenters. The van der Waals surface area contributed by atoms with Crippen LogP contribution in [0.5, 0.6) is 0 Å². The second kappa shape index (κ2) is 7.40. The lowest BCUT2D eigenvalue weighted by atomic mass is 9.91. The summed E-state index contributed by atoms with van der Waals surface area (Å²) in [6.45, 7) is 6.05. The molecule has 4 N–H and O–H groups in total. The second-order valence-corrected chi connectivity index (χ2v) is 8.49. The predicted molar refractivity (Wildman–Crippen MR) is 94.3 cm³/mol. The molecule has 9 heteroatoms. The first-order valence-corrected chi connectivity index (χ1v) is 9.49. The predicted octanol–water partition coefficient (Wildman–Crippen LogP) is 0.958. The summed E-state index contributed by atoms with van der Waals surface area (Å²) in [7, 11) is -3.68. The van der Waals surface area contributed by atoms with E-state index in [2.05, 4.69) is 10.6 Å². The van der Waals surface area contributed by atoms with Crippen LogP contribution < -0.4 is 16.4 Å². The van der Waals surface area contributed by atoms with E-state index in [1.807, 2.05) is 13.8 Å². The third-order valence-corrected chi connectivity index (χ3v) is 6.18. The van der Waals surface area contributed by atoms with Crippen LogP contribution in [0.15, 0.2) is 29.2 Å². The molecule has 138 valence electrons. The van der Waals surface area contributed by atoms with Crippen molar-refractivity contribution in [3.8, 4) is 0 Å². The Kier molecular flexibility index (Phi) is 5.69. The van der Waals surface area contributed by atoms with Gasteiger partial charge in [-0.25, -0.2) is 13.2 Å². The molecule has 3 amide bonds. The van der Waals surface area contributed by atoms with Crippen LogP contribution in [0.3, 0.4) is 0 Å². The molecule has 1 saturated heterocycles. The smallest absolute Gasteiger partial charge is 0.316 e. The first kappa shape index (κ1) is 19.2. The van der Waals surface area contributed by atoms with E-state index >= 15 is 0 Å². The Labute approximate surface area is 147 Å². The van der Waals surface area contributed by atoms with Gasteiger partial charge in [0.1, 0.15) is 0 Å². The van der Waals surface area contributed by atoms with Gasteiger partial charge in [0.15, 0.2) is 0 Å². The fourth-order valence-corrected chi connectivity index (χ4v) is 4.58. The van der Waals surface area contributed by atoms with Crippen molar-refractivity contribution in [3.63, 3.8) is 0 Å². The lowest BCUT2D eigenvalue weighted by molar-refractivity contribution is -0.119. The summed E-state index contributed by atoms with van der Waals surface area (Å²) in [5, 5.41) is 5.24. The second-order valence-electron chi connectivity index (χ2n) is 6.55. The third kappa shape index (κ3) is 4.49. The zero-order valence-corrected chi connectivity index (χ0v) is 15.3. The monoisotopic (exact) mass is 368 g/mol. The highest BCUT2D eigenvalue weighted by Gasteiger charge is 2.40. The number of rotatable bonds is 5. The minimum absolute atomic E-state index is 0.0504. The van der Waals surface area contributed by atoms with E-state index in [0.29, 0.717) is 12.2 Å². The van der Waals surface area contributed by atoms with Gasteiger partial charge >= 0.3 is 6.03 Å². The summed E-state index contributed by atoms with van der Waals surface area (Å²) in [4.78, 5) is 22.4. The first-order chi connectivity index (χ1) is 11.6. The van der Waals surface area contributed by atoms with E-state index in [-0.39, 0.29) is 35.2 Å². The van der Waals surface area contributed by atoms with Crippen LogP contribution in [0, 0.1) is 11.8 Å². The Balaban J connectivity index is 2.21. The number of anilines is 1. The summed E-state index contributed by atoms with van der Waals surface area (Å²) in [5.74, 6) is 0.116. The fourth-order valence-electron chi connectivity index (χ4n) is 3.08. The Morgan fingerprint density at radius 1 is 1.20 bits per heavy atom. The maximum atomic E-state index is 12.9. The molecule has 25 heavy (non-hydrogen) atoms. The molecule has 0 radical (unpaired) electrons. The summed E-state index contributed by atoms with van der Waals surface area (Å²) < 4.78 is 27.1. The number of nitrogens with zero attached hydrogens (tertiary/aromatic N) is 1. The Bertz CT molecular complexity index is 746. The van der Waals surface area contributed by atoms with Gasteiger partial charge in [-0.2, -0.15) is 4.31 Å². The Hall–Kier alpha value is -2.13. The quantitative estimate of drug-likeness (QED) is 0.716. The summed E-state index contributed by atoms with van der Waals surface area (Å²) in [6, 6.07) is 4.90. The standard InChI is InChI=1S/C16H24N4O4S/c1-10(2)14-8-20(9-15(14)18-11(3)21)25(23,24)13-6-4-12(5-7-13)19-16(17)22/h4-7,10,14-15H,8-9H2,1-3H3,(H,18,21)(H3,17,19,22)/t14-,15+/m0/s1. The third-order valence-electron chi connectivity index (χ3n) is 4.34. The van der Waals surface area contributed by atoms with Crippen LogP contribution in [0.1, 0.15) is 20.8 Å². The zero-order valence-electron chi connectivity index (χ0n) is 14.5. The summed E-state index contributed by atoms with van der Waals surface area (Å²) in [6.07, 6.45) is 0. The zero-order chi connectivity index (χ0) is 18.8. The van der Waals surface area contributed by atoms with Crippen molar-refractivity contribution in [3.05, 3.63) is 24.3 Å². The number of carbonyl (C=O) groups excluding carboxylic acids is 2. The van der Waals surface area contributed by atoms with Gasteiger partial charge in [-0.1, -0.05) is 13.8 Å². The number of hydrogen-bond donors (Lipinski definition) is 3. The highest BCUT2D eigenvalue weighted by atomic mass is 32.2. The fraction of sp³-hybridized carbons (Fsp3) is 0.500. The number of benzene rings is 1. The number of primary amides is 1. The van der Waals surface area contributed by atoms with Gasteiger partial charge in [0.25, 0.3) is 0 Å². The van der Waals surface area contributed by atoms with Crippen molar-refractivity contribution >= 4 is 27.6 Å². The molecule has 1 aromatic carbocycles. The number of nitrogens with two attached hydrogens (primary N) is 1. The topological polar surface area (TPSA) is 122 Å². The van der Waals surface area contributed by atoms with Crippen molar-refractivity contribution in [2.24, 2.45) is 17.6 Å². The van der Waals surface area contributed by atoms with Gasteiger partial charge in [0.2, 0.25) is 15.9 Å². The molecule has 1 fully saturated rings. The van der Waals surface area contributed by atoms with Crippen molar-refractivity contribution in [2.45, 2.75) is 31.7 Å². The van der Waals surface area contributed by atoms with Crippen LogP contribution in [-0.2, 0) is 14.8 Å². The maximum Gasteiger partial charge on any atom is 0.316 e. The van der Waals surface area contributed by atoms with Crippen LogP contribution in [0.4, 0.5) is 10.5 Å². The number of nitrogens with one attached hydrogen (secondary N) is 2. The molecule has 0 bridgehead atoms. The van der Waals surface area contributed by atoms with Gasteiger partial charge in [0, 0.05) is 31.7 Å². The molecular weight excluding hydrogens is 344 g/mol. The number of sulfonamides is 1. The van der Waals surface area contributed by atoms with Crippen LogP contribution in [0.2, 0.25) is 0 Å². The largest absolute Gasteiger partial charge is 0.352 e. The lowest BCUT2D eigenvalue weighted by Crippen LogP contribution is -2.41. The van der Waals surface area contributed by atoms with Crippen LogP contribution in [0.25, 0.3) is 0 Å². The SMILES string of the molecule is CC(=O)N[C@@H]1CN(S(=O)(=O)c2ccc(NC(N)=O)cc2)C[C@H]1C(C)C. The van der Waals surface area contributed by atoms with E-state index in [1.54, 1.807) is 0 Å². The average Bonchev–Trinajstić information content (AvgIpc) is 2.91. The summed E-state index contributed by atoms with van der Waals surface area (Å²) in [5.41, 5.74) is 5.46. The molecule has 1 heterocycles. The van der Waals surface area contributed by atoms with Crippen molar-refractivity contribution in [1.29, 1.82) is 0 Å². The highest BCUT2D eigenvalue weighted by molar-refractivity contribution is 7.89. The van der Waals surface area contributed by atoms with Crippen molar-refractivity contribution < 1.29 is 18.0 Å². The first-order valence-electron chi connectivity index (χ1n) is 8.05. The number of urea groups is 1. The average molecular weight is 368 g/mol. The van der Waals surface area contributed by atoms with Gasteiger partial charge in [0.05, 0.1) is 4.90 Å². The highest BCUT2D eigenvalue weighted by Crippen LogP contribution is 2.29. The van der Waals surface area contributed by atoms with E-state index in [1.165, 1.54) is 35.5 Å². The Morgan fingerprint density at radius 2 is 1.80 bits per heavy atom. The van der Waals surface area contributed by atoms with Crippen LogP contribution >= 0.6 is 0 Å². The molecule has 0 unspecified atom stereocenters. The molecule has 2 rings (SSSR count). The van der Waals surface area contributed by atoms with Crippen molar-refractivity contribution in [2.75, 3.05) is 18.4 Å². The number of amides is 3. The molecule has 1 aliphatic heterocycles. The molecular formula is C16H24N4O4S. The van der Waals surface area contributed by atoms with Gasteiger partial charge in [-0.15, -0.1) is 0 Å². The molecule has 1 aromatic rings. The lowest BCUT2D eigenvalue weighted by Gasteiger charge is -2.21. The maximum absolute atomic E-state index is 12.9. The number of hydrogen-bond acceptors (Lipinski definition) is 4. The normalized spacial score (nSPS) is 21.3. The number of carbonyl (C=O) groups is 2. The van der Waals surface area contributed by atoms with E-state index < -0.39 is 16.1 Å². The van der Waals surface area contributed by atoms with Crippen molar-refractivity contribution in [1.82, 2.24) is 9.62 Å². The molecule has 0 aliphatic carbocycles. The minimum Gasteiger partial charge on any atom is -0.352 e. The van der Waals surface area contributed by atoms with E-state index in [4.69, 9.17) is 5.73 Å². The molecule has 0 saturated carbocycles. The molecule has 0 aromatic heterocycles. The Morgan fingerprint density at radius 3 is 2.28 bits per heavy atom.